The first-order chi connectivity index (χ1) is 7.99. The van der Waals surface area contributed by atoms with Gasteiger partial charge in [0.15, 0.2) is 0 Å². The molecule has 1 atom stereocenters. The van der Waals surface area contributed by atoms with Crippen molar-refractivity contribution < 1.29 is 14.0 Å². The maximum absolute atomic E-state index is 11.8. The average Bonchev–Trinajstić information content (AvgIpc) is 2.28. The molecule has 0 heterocycles. The number of benzene rings is 2. The monoisotopic (exact) mass is 250 g/mol. The lowest BCUT2D eigenvalue weighted by atomic mass is 10.1. The van der Waals surface area contributed by atoms with Crippen LogP contribution in [0.15, 0.2) is 42.5 Å². The Hall–Kier alpha value is -1.31. The fourth-order valence-electron chi connectivity index (χ4n) is 1.48. The molecule has 1 unspecified atom stereocenters. The third-order valence-corrected chi connectivity index (χ3v) is 4.39. The zero-order chi connectivity index (χ0) is 12.5. The molecule has 0 aliphatic carbocycles. The topological polar surface area (TPSA) is 46.5 Å². The van der Waals surface area contributed by atoms with Gasteiger partial charge in [-0.3, -0.25) is 0 Å². The van der Waals surface area contributed by atoms with E-state index in [1.807, 2.05) is 30.3 Å². The van der Waals surface area contributed by atoms with Crippen molar-refractivity contribution in [1.29, 1.82) is 0 Å². The Labute approximate surface area is 101 Å². The first kappa shape index (κ1) is 12.2. The summed E-state index contributed by atoms with van der Waals surface area (Å²) in [6, 6.07) is 13.2. The molecule has 0 aliphatic heterocycles. The van der Waals surface area contributed by atoms with Gasteiger partial charge < -0.3 is 9.42 Å². The summed E-state index contributed by atoms with van der Waals surface area (Å²) >= 11 is 0. The highest BCUT2D eigenvalue weighted by molar-refractivity contribution is 7.53. The molecule has 0 saturated carbocycles. The van der Waals surface area contributed by atoms with Gasteiger partial charge in [0, 0.05) is 0 Å². The molecule has 0 fully saturated rings. The molecule has 0 aromatic heterocycles. The molecule has 1 N–H and O–H groups in total. The molecule has 0 saturated heterocycles. The molecule has 3 nitrogen and oxygen atoms in total. The lowest BCUT2D eigenvalue weighted by Crippen LogP contribution is -2.03. The molecule has 0 radical (unpaired) electrons. The van der Waals surface area contributed by atoms with Gasteiger partial charge in [-0.25, -0.2) is 4.57 Å². The normalized spacial score (nSPS) is 14.8. The summed E-state index contributed by atoms with van der Waals surface area (Å²) in [7, 11) is -3.56. The van der Waals surface area contributed by atoms with Crippen LogP contribution < -0.4 is 4.52 Å². The summed E-state index contributed by atoms with van der Waals surface area (Å²) in [5, 5.41) is 2.07. The van der Waals surface area contributed by atoms with Crippen LogP contribution >= 0.6 is 7.60 Å². The van der Waals surface area contributed by atoms with E-state index in [2.05, 4.69) is 0 Å². The first-order valence-electron chi connectivity index (χ1n) is 5.50. The van der Waals surface area contributed by atoms with Crippen molar-refractivity contribution in [1.82, 2.24) is 0 Å². The van der Waals surface area contributed by atoms with Crippen molar-refractivity contribution in [3.8, 4) is 5.75 Å². The number of rotatable bonds is 3. The maximum atomic E-state index is 11.8. The molecule has 0 spiro atoms. The smallest absolute Gasteiger partial charge is 0.379 e. The average molecular weight is 250 g/mol. The molecule has 0 amide bonds. The molecular weight excluding hydrogens is 235 g/mol. The van der Waals surface area contributed by atoms with E-state index in [0.29, 0.717) is 5.75 Å². The van der Waals surface area contributed by atoms with E-state index in [9.17, 15) is 9.46 Å². The highest BCUT2D eigenvalue weighted by Crippen LogP contribution is 2.47. The van der Waals surface area contributed by atoms with E-state index < -0.39 is 13.3 Å². The Balaban J connectivity index is 2.35. The van der Waals surface area contributed by atoms with Crippen LogP contribution in [0, 0.1) is 0 Å². The van der Waals surface area contributed by atoms with Crippen LogP contribution in [0.4, 0.5) is 0 Å². The van der Waals surface area contributed by atoms with Crippen LogP contribution in [0.3, 0.4) is 0 Å². The lowest BCUT2D eigenvalue weighted by Gasteiger charge is -2.16. The van der Waals surface area contributed by atoms with Crippen molar-refractivity contribution in [2.24, 2.45) is 0 Å². The van der Waals surface area contributed by atoms with Crippen molar-refractivity contribution in [3.63, 3.8) is 0 Å². The molecule has 17 heavy (non-hydrogen) atoms. The van der Waals surface area contributed by atoms with Crippen molar-refractivity contribution in [2.75, 3.05) is 0 Å². The Morgan fingerprint density at radius 2 is 1.76 bits per heavy atom. The third kappa shape index (κ3) is 2.68. The van der Waals surface area contributed by atoms with E-state index in [1.54, 1.807) is 26.0 Å². The minimum atomic E-state index is -3.56. The molecular formula is C13H15O3P. The molecule has 2 rings (SSSR count). The number of hydrogen-bond acceptors (Lipinski definition) is 2. The highest BCUT2D eigenvalue weighted by atomic mass is 31.2. The quantitative estimate of drug-likeness (QED) is 0.842. The molecule has 0 aliphatic rings. The van der Waals surface area contributed by atoms with Gasteiger partial charge in [0.05, 0.1) is 5.66 Å². The SMILES string of the molecule is CC(C)P(=O)(O)Oc1ccc2ccccc2c1. The van der Waals surface area contributed by atoms with E-state index in [1.165, 1.54) is 0 Å². The second kappa shape index (κ2) is 4.52. The van der Waals surface area contributed by atoms with Crippen molar-refractivity contribution >= 4 is 18.4 Å². The van der Waals surface area contributed by atoms with E-state index in [0.717, 1.165) is 10.8 Å². The van der Waals surface area contributed by atoms with Gasteiger partial charge in [0.2, 0.25) is 0 Å². The zero-order valence-corrected chi connectivity index (χ0v) is 10.7. The highest BCUT2D eigenvalue weighted by Gasteiger charge is 2.25. The summed E-state index contributed by atoms with van der Waals surface area (Å²) in [4.78, 5) is 9.65. The van der Waals surface area contributed by atoms with Gasteiger partial charge in [-0.05, 0) is 22.9 Å². The Bertz CT molecular complexity index is 578. The summed E-state index contributed by atoms with van der Waals surface area (Å²) in [5.74, 6) is 0.434. The van der Waals surface area contributed by atoms with Gasteiger partial charge in [-0.1, -0.05) is 44.2 Å². The summed E-state index contributed by atoms with van der Waals surface area (Å²) in [6.07, 6.45) is 0. The number of fused-ring (bicyclic) bond motifs is 1. The lowest BCUT2D eigenvalue weighted by molar-refractivity contribution is 0.370. The summed E-state index contributed by atoms with van der Waals surface area (Å²) in [5.41, 5.74) is -0.408. The minimum absolute atomic E-state index is 0.408. The first-order valence-corrected chi connectivity index (χ1v) is 7.14. The van der Waals surface area contributed by atoms with Gasteiger partial charge in [-0.2, -0.15) is 0 Å². The molecule has 90 valence electrons. The van der Waals surface area contributed by atoms with Crippen LogP contribution in [0.2, 0.25) is 0 Å². The largest absolute Gasteiger partial charge is 0.424 e. The van der Waals surface area contributed by atoms with Gasteiger partial charge in [0.1, 0.15) is 5.75 Å². The van der Waals surface area contributed by atoms with E-state index in [4.69, 9.17) is 4.52 Å². The second-order valence-electron chi connectivity index (χ2n) is 4.26. The van der Waals surface area contributed by atoms with E-state index >= 15 is 0 Å². The molecule has 0 bridgehead atoms. The van der Waals surface area contributed by atoms with Crippen LogP contribution in [0.25, 0.3) is 10.8 Å². The standard InChI is InChI=1S/C13H15O3P/c1-10(2)17(14,15)16-13-8-7-11-5-3-4-6-12(11)9-13/h3-10H,1-2H3,(H,14,15). The summed E-state index contributed by atoms with van der Waals surface area (Å²) < 4.78 is 16.9. The molecule has 4 heteroatoms. The van der Waals surface area contributed by atoms with Crippen molar-refractivity contribution in [3.05, 3.63) is 42.5 Å². The fourth-order valence-corrected chi connectivity index (χ4v) is 2.11. The van der Waals surface area contributed by atoms with Crippen molar-refractivity contribution in [2.45, 2.75) is 19.5 Å². The Morgan fingerprint density at radius 3 is 2.41 bits per heavy atom. The van der Waals surface area contributed by atoms with Crippen LogP contribution in [0.5, 0.6) is 5.75 Å². The van der Waals surface area contributed by atoms with Gasteiger partial charge in [0.25, 0.3) is 0 Å². The Kier molecular flexibility index (Phi) is 3.23. The fraction of sp³-hybridized carbons (Fsp3) is 0.231. The third-order valence-electron chi connectivity index (χ3n) is 2.61. The predicted molar refractivity (Wildman–Crippen MR) is 69.5 cm³/mol. The second-order valence-corrected chi connectivity index (χ2v) is 6.60. The Morgan fingerprint density at radius 1 is 1.12 bits per heavy atom. The molecule has 2 aromatic carbocycles. The van der Waals surface area contributed by atoms with Gasteiger partial charge >= 0.3 is 7.60 Å². The molecule has 2 aromatic rings. The summed E-state index contributed by atoms with van der Waals surface area (Å²) in [6.45, 7) is 3.34. The number of hydrogen-bond donors (Lipinski definition) is 1. The van der Waals surface area contributed by atoms with Gasteiger partial charge in [-0.15, -0.1) is 0 Å². The van der Waals surface area contributed by atoms with E-state index in [-0.39, 0.29) is 0 Å². The van der Waals surface area contributed by atoms with Crippen LogP contribution in [-0.2, 0) is 4.57 Å². The zero-order valence-electron chi connectivity index (χ0n) is 9.83. The predicted octanol–water partition coefficient (Wildman–Crippen LogP) is 3.81. The minimum Gasteiger partial charge on any atom is -0.424 e. The van der Waals surface area contributed by atoms with Crippen LogP contribution in [-0.4, -0.2) is 10.6 Å². The maximum Gasteiger partial charge on any atom is 0.379 e. The van der Waals surface area contributed by atoms with Crippen LogP contribution in [0.1, 0.15) is 13.8 Å².